The van der Waals surface area contributed by atoms with Crippen LogP contribution >= 0.6 is 0 Å². The highest BCUT2D eigenvalue weighted by atomic mass is 16.5. The molecule has 0 fully saturated rings. The summed E-state index contributed by atoms with van der Waals surface area (Å²) >= 11 is 0. The summed E-state index contributed by atoms with van der Waals surface area (Å²) in [5.74, 6) is 2.26. The Balaban J connectivity index is 1.54. The van der Waals surface area contributed by atoms with Crippen LogP contribution in [0.2, 0.25) is 0 Å². The molecular formula is C28H26N2O6. The second-order valence-corrected chi connectivity index (χ2v) is 7.57. The van der Waals surface area contributed by atoms with Crippen molar-refractivity contribution in [3.63, 3.8) is 0 Å². The van der Waals surface area contributed by atoms with Crippen LogP contribution in [0.1, 0.15) is 15.9 Å². The Morgan fingerprint density at radius 3 is 2.11 bits per heavy atom. The smallest absolute Gasteiger partial charge is 0.256 e. The fourth-order valence-electron chi connectivity index (χ4n) is 3.40. The molecule has 4 rings (SSSR count). The molecule has 0 spiro atoms. The number of anilines is 1. The van der Waals surface area contributed by atoms with Gasteiger partial charge in [-0.3, -0.25) is 4.79 Å². The van der Waals surface area contributed by atoms with Crippen molar-refractivity contribution < 1.29 is 28.5 Å². The van der Waals surface area contributed by atoms with Crippen LogP contribution < -0.4 is 29.0 Å². The highest BCUT2D eigenvalue weighted by Crippen LogP contribution is 2.39. The van der Waals surface area contributed by atoms with Crippen molar-refractivity contribution in [1.29, 1.82) is 0 Å². The van der Waals surface area contributed by atoms with Gasteiger partial charge in [-0.05, 0) is 54.1 Å². The van der Waals surface area contributed by atoms with Crippen LogP contribution in [0.3, 0.4) is 0 Å². The Bertz CT molecular complexity index is 1280. The normalized spacial score (nSPS) is 10.3. The first kappa shape index (κ1) is 24.4. The number of nitrogens with one attached hydrogen (secondary N) is 1. The maximum absolute atomic E-state index is 13.2. The maximum Gasteiger partial charge on any atom is 0.256 e. The molecule has 8 nitrogen and oxygen atoms in total. The van der Waals surface area contributed by atoms with Crippen LogP contribution in [0.25, 0.3) is 0 Å². The Morgan fingerprint density at radius 1 is 0.806 bits per heavy atom. The van der Waals surface area contributed by atoms with Gasteiger partial charge in [-0.2, -0.15) is 0 Å². The molecule has 0 atom stereocenters. The molecule has 3 aromatic carbocycles. The van der Waals surface area contributed by atoms with E-state index in [4.69, 9.17) is 23.7 Å². The van der Waals surface area contributed by atoms with Gasteiger partial charge in [-0.25, -0.2) is 4.98 Å². The molecule has 1 aromatic heterocycles. The number of hydrogen-bond acceptors (Lipinski definition) is 7. The summed E-state index contributed by atoms with van der Waals surface area (Å²) < 4.78 is 28.0. The van der Waals surface area contributed by atoms with Crippen molar-refractivity contribution in [2.75, 3.05) is 26.6 Å². The van der Waals surface area contributed by atoms with E-state index in [1.165, 1.54) is 14.2 Å². The third kappa shape index (κ3) is 5.85. The summed E-state index contributed by atoms with van der Waals surface area (Å²) in [6, 6.07) is 23.4. The number of carbonyl (C=O) groups is 1. The maximum atomic E-state index is 13.2. The zero-order valence-corrected chi connectivity index (χ0v) is 20.2. The number of carbonyl (C=O) groups excluding carboxylic acids is 1. The average molecular weight is 487 g/mol. The summed E-state index contributed by atoms with van der Waals surface area (Å²) in [5, 5.41) is 2.85. The van der Waals surface area contributed by atoms with E-state index in [2.05, 4.69) is 10.3 Å². The van der Waals surface area contributed by atoms with Crippen LogP contribution in [-0.4, -0.2) is 32.2 Å². The monoisotopic (exact) mass is 486 g/mol. The topological polar surface area (TPSA) is 88.1 Å². The zero-order valence-electron chi connectivity index (χ0n) is 20.2. The van der Waals surface area contributed by atoms with Crippen molar-refractivity contribution in [3.8, 4) is 34.6 Å². The number of hydrogen-bond donors (Lipinski definition) is 1. The first-order chi connectivity index (χ1) is 17.6. The summed E-state index contributed by atoms with van der Waals surface area (Å²) in [6.45, 7) is 0.320. The Morgan fingerprint density at radius 2 is 1.47 bits per heavy atom. The molecule has 0 radical (unpaired) electrons. The molecule has 0 aliphatic rings. The van der Waals surface area contributed by atoms with Gasteiger partial charge in [0.1, 0.15) is 23.8 Å². The van der Waals surface area contributed by atoms with Gasteiger partial charge in [0.05, 0.1) is 21.3 Å². The third-order valence-corrected chi connectivity index (χ3v) is 5.24. The first-order valence-corrected chi connectivity index (χ1v) is 11.1. The standard InChI is InChI=1S/C28H26N2O6/c1-32-21-11-13-22(14-12-21)36-28-23(10-7-15-29-28)30-27(31)20-16-24(33-2)26(25(17-20)34-3)35-18-19-8-5-4-6-9-19/h4-17H,18H2,1-3H3,(H,30,31). The van der Waals surface area contributed by atoms with Crippen LogP contribution in [0.5, 0.6) is 34.6 Å². The van der Waals surface area contributed by atoms with Gasteiger partial charge < -0.3 is 29.0 Å². The number of amides is 1. The van der Waals surface area contributed by atoms with Crippen LogP contribution in [0, 0.1) is 0 Å². The molecule has 1 N–H and O–H groups in total. The minimum Gasteiger partial charge on any atom is -0.497 e. The van der Waals surface area contributed by atoms with E-state index in [0.717, 1.165) is 5.56 Å². The lowest BCUT2D eigenvalue weighted by atomic mass is 10.1. The zero-order chi connectivity index (χ0) is 25.3. The number of pyridine rings is 1. The lowest BCUT2D eigenvalue weighted by Gasteiger charge is -2.16. The molecule has 1 heterocycles. The molecule has 0 aliphatic heterocycles. The number of benzene rings is 3. The van der Waals surface area contributed by atoms with E-state index in [9.17, 15) is 4.79 Å². The number of nitrogens with zero attached hydrogens (tertiary/aromatic N) is 1. The fraction of sp³-hybridized carbons (Fsp3) is 0.143. The number of rotatable bonds is 10. The van der Waals surface area contributed by atoms with E-state index < -0.39 is 5.91 Å². The van der Waals surface area contributed by atoms with Gasteiger partial charge in [0.25, 0.3) is 5.91 Å². The molecule has 8 heteroatoms. The van der Waals surface area contributed by atoms with Gasteiger partial charge in [0.2, 0.25) is 11.6 Å². The quantitative estimate of drug-likeness (QED) is 0.306. The molecule has 0 saturated heterocycles. The molecule has 1 amide bonds. The van der Waals surface area contributed by atoms with Crippen molar-refractivity contribution in [1.82, 2.24) is 4.98 Å². The molecule has 4 aromatic rings. The van der Waals surface area contributed by atoms with Crippen LogP contribution in [0.4, 0.5) is 5.69 Å². The minimum absolute atomic E-state index is 0.248. The third-order valence-electron chi connectivity index (χ3n) is 5.24. The largest absolute Gasteiger partial charge is 0.497 e. The van der Waals surface area contributed by atoms with Gasteiger partial charge >= 0.3 is 0 Å². The Labute approximate surface area is 209 Å². The van der Waals surface area contributed by atoms with Crippen LogP contribution in [-0.2, 0) is 6.61 Å². The Hall–Kier alpha value is -4.72. The SMILES string of the molecule is COc1ccc(Oc2ncccc2NC(=O)c2cc(OC)c(OCc3ccccc3)c(OC)c2)cc1. The van der Waals surface area contributed by atoms with Gasteiger partial charge in [-0.15, -0.1) is 0 Å². The van der Waals surface area contributed by atoms with Gasteiger partial charge in [0, 0.05) is 11.8 Å². The average Bonchev–Trinajstić information content (AvgIpc) is 2.93. The van der Waals surface area contributed by atoms with E-state index in [-0.39, 0.29) is 5.88 Å². The highest BCUT2D eigenvalue weighted by molar-refractivity contribution is 6.05. The summed E-state index contributed by atoms with van der Waals surface area (Å²) in [4.78, 5) is 17.4. The van der Waals surface area contributed by atoms with Crippen molar-refractivity contribution in [2.45, 2.75) is 6.61 Å². The predicted molar refractivity (Wildman–Crippen MR) is 136 cm³/mol. The van der Waals surface area contributed by atoms with Gasteiger partial charge in [-0.1, -0.05) is 30.3 Å². The second-order valence-electron chi connectivity index (χ2n) is 7.57. The molecule has 0 bridgehead atoms. The number of ether oxygens (including phenoxy) is 5. The van der Waals surface area contributed by atoms with E-state index in [0.29, 0.717) is 46.6 Å². The van der Waals surface area contributed by atoms with Crippen molar-refractivity contribution in [3.05, 3.63) is 96.2 Å². The van der Waals surface area contributed by atoms with Crippen LogP contribution in [0.15, 0.2) is 85.1 Å². The predicted octanol–water partition coefficient (Wildman–Crippen LogP) is 5.73. The summed E-state index contributed by atoms with van der Waals surface area (Å²) in [7, 11) is 4.61. The van der Waals surface area contributed by atoms with E-state index >= 15 is 0 Å². The van der Waals surface area contributed by atoms with Gasteiger partial charge in [0.15, 0.2) is 11.5 Å². The van der Waals surface area contributed by atoms with Crippen molar-refractivity contribution in [2.24, 2.45) is 0 Å². The highest BCUT2D eigenvalue weighted by Gasteiger charge is 2.19. The van der Waals surface area contributed by atoms with Crippen molar-refractivity contribution >= 4 is 11.6 Å². The second kappa shape index (κ2) is 11.6. The summed E-state index contributed by atoms with van der Waals surface area (Å²) in [6.07, 6.45) is 1.58. The summed E-state index contributed by atoms with van der Waals surface area (Å²) in [5.41, 5.74) is 1.71. The minimum atomic E-state index is -0.395. The lowest BCUT2D eigenvalue weighted by Crippen LogP contribution is -2.14. The number of methoxy groups -OCH3 is 3. The molecule has 184 valence electrons. The first-order valence-electron chi connectivity index (χ1n) is 11.1. The fourth-order valence-corrected chi connectivity index (χ4v) is 3.40. The van der Waals surface area contributed by atoms with E-state index in [1.807, 2.05) is 30.3 Å². The Kier molecular flexibility index (Phi) is 7.87. The molecule has 36 heavy (non-hydrogen) atoms. The van der Waals surface area contributed by atoms with E-state index in [1.54, 1.807) is 61.8 Å². The molecule has 0 saturated carbocycles. The lowest BCUT2D eigenvalue weighted by molar-refractivity contribution is 0.102. The molecule has 0 unspecified atom stereocenters. The number of aromatic nitrogens is 1. The molecular weight excluding hydrogens is 460 g/mol. The molecule has 0 aliphatic carbocycles.